The van der Waals surface area contributed by atoms with Crippen LogP contribution >= 0.6 is 11.6 Å². The third kappa shape index (κ3) is 5.62. The van der Waals surface area contributed by atoms with Crippen molar-refractivity contribution in [1.29, 1.82) is 0 Å². The Balaban J connectivity index is 1.42. The van der Waals surface area contributed by atoms with Crippen molar-refractivity contribution in [2.75, 3.05) is 5.32 Å². The van der Waals surface area contributed by atoms with Crippen molar-refractivity contribution in [2.45, 2.75) is 52.1 Å². The Kier molecular flexibility index (Phi) is 7.70. The predicted octanol–water partition coefficient (Wildman–Crippen LogP) is 6.15. The van der Waals surface area contributed by atoms with Gasteiger partial charge in [-0.2, -0.15) is 10.2 Å². The maximum absolute atomic E-state index is 13.8. The minimum Gasteiger partial charge on any atom is -0.323 e. The zero-order valence-corrected chi connectivity index (χ0v) is 25.3. The standard InChI is InChI=1S/C32H33ClN8O2/c1-19(2)41-17-22(15-37-41)24-9-8-23(33)13-25(24)26-14-30(42)40(18-35-26)29-7-5-6-20(3)32(43)38-28-16-36-39(4)31(28)21-10-11-34-27(29)12-21/h8-20,29H,5-7H2,1-4H3,(H,38,43). The molecule has 0 fully saturated rings. The van der Waals surface area contributed by atoms with Crippen LogP contribution in [0.15, 0.2) is 72.3 Å². The van der Waals surface area contributed by atoms with Gasteiger partial charge < -0.3 is 5.32 Å². The fraction of sp³-hybridized carbons (Fsp3) is 0.312. The molecule has 0 saturated heterocycles. The van der Waals surface area contributed by atoms with Crippen LogP contribution in [0.25, 0.3) is 33.6 Å². The lowest BCUT2D eigenvalue weighted by Gasteiger charge is -2.22. The summed E-state index contributed by atoms with van der Waals surface area (Å²) in [4.78, 5) is 36.2. The van der Waals surface area contributed by atoms with Gasteiger partial charge in [-0.1, -0.05) is 31.0 Å². The number of hydrogen-bond acceptors (Lipinski definition) is 6. The van der Waals surface area contributed by atoms with Gasteiger partial charge in [-0.05, 0) is 56.5 Å². The largest absolute Gasteiger partial charge is 0.323 e. The molecule has 0 spiro atoms. The molecule has 0 radical (unpaired) electrons. The molecule has 0 aliphatic carbocycles. The summed E-state index contributed by atoms with van der Waals surface area (Å²) in [5.41, 5.74) is 5.89. The van der Waals surface area contributed by atoms with Crippen LogP contribution in [0.1, 0.15) is 57.8 Å². The number of anilines is 1. The minimum absolute atomic E-state index is 0.0555. The van der Waals surface area contributed by atoms with E-state index in [9.17, 15) is 9.59 Å². The summed E-state index contributed by atoms with van der Waals surface area (Å²) < 4.78 is 5.26. The van der Waals surface area contributed by atoms with E-state index in [2.05, 4.69) is 34.3 Å². The summed E-state index contributed by atoms with van der Waals surface area (Å²) in [6.45, 7) is 6.05. The quantitative estimate of drug-likeness (QED) is 0.266. The molecule has 220 valence electrons. The Morgan fingerprint density at radius 1 is 0.977 bits per heavy atom. The summed E-state index contributed by atoms with van der Waals surface area (Å²) in [7, 11) is 1.84. The molecule has 1 amide bonds. The summed E-state index contributed by atoms with van der Waals surface area (Å²) in [6, 6.07) is 10.8. The van der Waals surface area contributed by atoms with Gasteiger partial charge in [-0.3, -0.25) is 28.5 Å². The van der Waals surface area contributed by atoms with Crippen LogP contribution in [0.3, 0.4) is 0 Å². The molecule has 1 aliphatic heterocycles. The molecule has 2 bridgehead atoms. The van der Waals surface area contributed by atoms with Crippen molar-refractivity contribution in [3.05, 3.63) is 88.6 Å². The van der Waals surface area contributed by atoms with Gasteiger partial charge in [0.15, 0.2) is 0 Å². The van der Waals surface area contributed by atoms with Crippen LogP contribution in [0.4, 0.5) is 5.69 Å². The molecule has 1 aromatic carbocycles. The van der Waals surface area contributed by atoms with Crippen molar-refractivity contribution >= 4 is 23.2 Å². The first-order valence-corrected chi connectivity index (χ1v) is 14.8. The van der Waals surface area contributed by atoms with E-state index in [1.165, 1.54) is 0 Å². The summed E-state index contributed by atoms with van der Waals surface area (Å²) in [5.74, 6) is -0.266. The van der Waals surface area contributed by atoms with Gasteiger partial charge in [0.05, 0.1) is 47.5 Å². The van der Waals surface area contributed by atoms with Crippen molar-refractivity contribution in [2.24, 2.45) is 13.0 Å². The first-order chi connectivity index (χ1) is 20.7. The molecule has 1 N–H and O–H groups in total. The lowest BCUT2D eigenvalue weighted by atomic mass is 9.96. The van der Waals surface area contributed by atoms with Crippen molar-refractivity contribution in [1.82, 2.24) is 34.1 Å². The number of amides is 1. The van der Waals surface area contributed by atoms with E-state index in [0.717, 1.165) is 40.1 Å². The summed E-state index contributed by atoms with van der Waals surface area (Å²) in [6.07, 6.45) is 10.8. The molecular formula is C32H33ClN8O2. The number of nitrogens with zero attached hydrogens (tertiary/aromatic N) is 7. The van der Waals surface area contributed by atoms with Crippen LogP contribution in [0, 0.1) is 5.92 Å². The smallest absolute Gasteiger partial charge is 0.254 e. The molecule has 11 heteroatoms. The Hall–Kier alpha value is -4.57. The van der Waals surface area contributed by atoms with Crippen LogP contribution in [-0.4, -0.2) is 40.0 Å². The van der Waals surface area contributed by atoms with E-state index < -0.39 is 0 Å². The van der Waals surface area contributed by atoms with Crippen LogP contribution in [-0.2, 0) is 11.8 Å². The molecule has 2 unspecified atom stereocenters. The SMILES string of the molecule is CC1CCCC(n2cnc(-c3cc(Cl)ccc3-c3cnn(C(C)C)c3)cc2=O)c2cc(ccn2)-c2c(cnn2C)NC1=O. The highest BCUT2D eigenvalue weighted by Gasteiger charge is 2.24. The van der Waals surface area contributed by atoms with Crippen LogP contribution in [0.5, 0.6) is 0 Å². The molecule has 43 heavy (non-hydrogen) atoms. The lowest BCUT2D eigenvalue weighted by Crippen LogP contribution is -2.27. The first-order valence-electron chi connectivity index (χ1n) is 14.4. The Labute approximate surface area is 254 Å². The molecule has 10 nitrogen and oxygen atoms in total. The van der Waals surface area contributed by atoms with Crippen LogP contribution in [0.2, 0.25) is 5.02 Å². The van der Waals surface area contributed by atoms with Gasteiger partial charge in [0.25, 0.3) is 5.56 Å². The third-order valence-electron chi connectivity index (χ3n) is 8.03. The molecule has 4 aromatic heterocycles. The van der Waals surface area contributed by atoms with E-state index in [4.69, 9.17) is 16.6 Å². The van der Waals surface area contributed by atoms with Gasteiger partial charge in [0, 0.05) is 59.2 Å². The average molecular weight is 597 g/mol. The number of fused-ring (bicyclic) bond motifs is 4. The number of aryl methyl sites for hydroxylation is 1. The van der Waals surface area contributed by atoms with E-state index in [0.29, 0.717) is 29.2 Å². The maximum atomic E-state index is 13.8. The molecule has 1 aliphatic rings. The maximum Gasteiger partial charge on any atom is 0.254 e. The number of hydrogen-bond donors (Lipinski definition) is 1. The number of benzene rings is 1. The topological polar surface area (TPSA) is 113 Å². The fourth-order valence-electron chi connectivity index (χ4n) is 5.61. The summed E-state index contributed by atoms with van der Waals surface area (Å²) >= 11 is 6.41. The average Bonchev–Trinajstić information content (AvgIpc) is 3.62. The van der Waals surface area contributed by atoms with E-state index in [1.54, 1.807) is 34.0 Å². The van der Waals surface area contributed by atoms with Crippen molar-refractivity contribution in [3.63, 3.8) is 0 Å². The number of pyridine rings is 1. The predicted molar refractivity (Wildman–Crippen MR) is 167 cm³/mol. The second-order valence-corrected chi connectivity index (χ2v) is 11.8. The van der Waals surface area contributed by atoms with E-state index in [-0.39, 0.29) is 29.5 Å². The molecule has 5 aromatic rings. The number of nitrogens with one attached hydrogen (secondary N) is 1. The minimum atomic E-state index is -0.372. The number of rotatable bonds is 4. The normalized spacial score (nSPS) is 17.2. The second kappa shape index (κ2) is 11.6. The molecular weight excluding hydrogens is 564 g/mol. The van der Waals surface area contributed by atoms with Gasteiger partial charge in [0.2, 0.25) is 5.91 Å². The molecule has 5 heterocycles. The van der Waals surface area contributed by atoms with E-state index >= 15 is 0 Å². The lowest BCUT2D eigenvalue weighted by molar-refractivity contribution is -0.119. The van der Waals surface area contributed by atoms with Gasteiger partial charge >= 0.3 is 0 Å². The third-order valence-corrected chi connectivity index (χ3v) is 8.26. The van der Waals surface area contributed by atoms with Gasteiger partial charge in [0.1, 0.15) is 0 Å². The molecule has 2 atom stereocenters. The number of carbonyl (C=O) groups excluding carboxylic acids is 1. The van der Waals surface area contributed by atoms with Gasteiger partial charge in [-0.25, -0.2) is 4.98 Å². The molecule has 6 rings (SSSR count). The van der Waals surface area contributed by atoms with Crippen molar-refractivity contribution in [3.8, 4) is 33.6 Å². The number of aromatic nitrogens is 7. The Bertz CT molecular complexity index is 1870. The Morgan fingerprint density at radius 2 is 1.81 bits per heavy atom. The number of carbonyl (C=O) groups is 1. The van der Waals surface area contributed by atoms with E-state index in [1.807, 2.05) is 61.4 Å². The number of halogens is 1. The first kappa shape index (κ1) is 28.5. The zero-order valence-electron chi connectivity index (χ0n) is 24.5. The van der Waals surface area contributed by atoms with Crippen molar-refractivity contribution < 1.29 is 4.79 Å². The van der Waals surface area contributed by atoms with Crippen LogP contribution < -0.4 is 10.9 Å². The highest BCUT2D eigenvalue weighted by molar-refractivity contribution is 6.31. The summed E-state index contributed by atoms with van der Waals surface area (Å²) in [5, 5.41) is 12.4. The fourth-order valence-corrected chi connectivity index (χ4v) is 5.79. The highest BCUT2D eigenvalue weighted by Crippen LogP contribution is 2.35. The highest BCUT2D eigenvalue weighted by atomic mass is 35.5. The molecule has 0 saturated carbocycles. The monoisotopic (exact) mass is 596 g/mol. The second-order valence-electron chi connectivity index (χ2n) is 11.3. The van der Waals surface area contributed by atoms with Gasteiger partial charge in [-0.15, -0.1) is 0 Å². The zero-order chi connectivity index (χ0) is 30.2. The Morgan fingerprint density at radius 3 is 2.58 bits per heavy atom.